The van der Waals surface area contributed by atoms with E-state index in [0.29, 0.717) is 0 Å². The van der Waals surface area contributed by atoms with Gasteiger partial charge in [-0.1, -0.05) is 25.7 Å². The van der Waals surface area contributed by atoms with Gasteiger partial charge >= 0.3 is 0 Å². The van der Waals surface area contributed by atoms with E-state index in [2.05, 4.69) is 24.7 Å². The first-order chi connectivity index (χ1) is 5.77. The molecule has 0 heterocycles. The summed E-state index contributed by atoms with van der Waals surface area (Å²) in [7, 11) is 0. The smallest absolute Gasteiger partial charge is 0.117 e. The highest BCUT2D eigenvalue weighted by Crippen LogP contribution is 1.96. The highest BCUT2D eigenvalue weighted by molar-refractivity contribution is 5.85. The van der Waals surface area contributed by atoms with Crippen LogP contribution in [0.5, 0.6) is 0 Å². The van der Waals surface area contributed by atoms with Gasteiger partial charge in [0.05, 0.1) is 0 Å². The number of unbranched alkanes of at least 4 members (excludes halogenated alkanes) is 3. The number of hydrogen-bond donors (Lipinski definition) is 0. The lowest BCUT2D eigenvalue weighted by Crippen LogP contribution is -2.19. The monoisotopic (exact) mass is 163 g/mol. The van der Waals surface area contributed by atoms with Crippen molar-refractivity contribution in [3.05, 3.63) is 0 Å². The number of rotatable bonds is 3. The minimum absolute atomic E-state index is 0.787. The Bertz CT molecular complexity index is 244. The molecule has 2 heteroatoms. The van der Waals surface area contributed by atoms with Crippen molar-refractivity contribution in [2.24, 2.45) is 0 Å². The van der Waals surface area contributed by atoms with Gasteiger partial charge in [0.2, 0.25) is 0 Å². The molecule has 0 unspecified atom stereocenters. The quantitative estimate of drug-likeness (QED) is 0.444. The maximum Gasteiger partial charge on any atom is 0.117 e. The molecule has 0 spiro atoms. The lowest BCUT2D eigenvalue weighted by atomic mass is 10.2. The molecule has 0 rings (SSSR count). The molecule has 0 N–H and O–H groups in total. The third kappa shape index (κ3) is 8.59. The highest BCUT2D eigenvalue weighted by atomic mass is 16.4. The summed E-state index contributed by atoms with van der Waals surface area (Å²) in [5.41, 5.74) is 0. The maximum absolute atomic E-state index is 9.78. The third-order valence-corrected chi connectivity index (χ3v) is 1.22. The lowest BCUT2D eigenvalue weighted by Gasteiger charge is -1.86. The number of carboxylic acid groups (broad SMARTS) is 1. The van der Waals surface area contributed by atoms with Crippen LogP contribution in [-0.4, -0.2) is 5.97 Å². The molecule has 0 bridgehead atoms. The van der Waals surface area contributed by atoms with Crippen LogP contribution in [0.25, 0.3) is 0 Å². The van der Waals surface area contributed by atoms with Crippen LogP contribution in [0.2, 0.25) is 0 Å². The molecule has 0 saturated heterocycles. The SMILES string of the molecule is CCCCCC#CC#CC(=O)[O-]. The molecule has 0 amide bonds. The fourth-order valence-electron chi connectivity index (χ4n) is 0.652. The molecule has 0 radical (unpaired) electrons. The molecule has 0 atom stereocenters. The van der Waals surface area contributed by atoms with E-state index < -0.39 is 5.97 Å². The van der Waals surface area contributed by atoms with Gasteiger partial charge in [-0.25, -0.2) is 0 Å². The summed E-state index contributed by atoms with van der Waals surface area (Å²) in [6.07, 6.45) is 4.15. The second-order valence-electron chi connectivity index (χ2n) is 2.30. The molecule has 0 aromatic heterocycles. The molecular formula is C10H11O2-. The van der Waals surface area contributed by atoms with Crippen LogP contribution in [0.1, 0.15) is 32.6 Å². The van der Waals surface area contributed by atoms with Gasteiger partial charge in [-0.3, -0.25) is 0 Å². The molecular weight excluding hydrogens is 152 g/mol. The Morgan fingerprint density at radius 2 is 2.08 bits per heavy atom. The van der Waals surface area contributed by atoms with Crippen LogP contribution in [0.3, 0.4) is 0 Å². The van der Waals surface area contributed by atoms with E-state index in [1.807, 2.05) is 5.92 Å². The molecule has 64 valence electrons. The average Bonchev–Trinajstić information content (AvgIpc) is 2.02. The second kappa shape index (κ2) is 7.69. The van der Waals surface area contributed by atoms with E-state index >= 15 is 0 Å². The number of hydrogen-bond acceptors (Lipinski definition) is 2. The standard InChI is InChI=1S/C10H12O2/c1-2-3-4-5-6-7-8-9-10(11)12/h2-5H2,1H3,(H,11,12)/p-1. The topological polar surface area (TPSA) is 40.1 Å². The van der Waals surface area contributed by atoms with Gasteiger partial charge in [0.15, 0.2) is 0 Å². The fraction of sp³-hybridized carbons (Fsp3) is 0.500. The van der Waals surface area contributed by atoms with Crippen molar-refractivity contribution in [2.75, 3.05) is 0 Å². The molecule has 0 aliphatic heterocycles. The first-order valence-electron chi connectivity index (χ1n) is 3.97. The molecule has 12 heavy (non-hydrogen) atoms. The summed E-state index contributed by atoms with van der Waals surface area (Å²) >= 11 is 0. The second-order valence-corrected chi connectivity index (χ2v) is 2.30. The van der Waals surface area contributed by atoms with Crippen molar-refractivity contribution in [3.63, 3.8) is 0 Å². The van der Waals surface area contributed by atoms with E-state index in [1.54, 1.807) is 0 Å². The van der Waals surface area contributed by atoms with Crippen molar-refractivity contribution in [1.29, 1.82) is 0 Å². The van der Waals surface area contributed by atoms with E-state index in [0.717, 1.165) is 25.7 Å². The predicted molar refractivity (Wildman–Crippen MR) is 44.7 cm³/mol. The van der Waals surface area contributed by atoms with Crippen molar-refractivity contribution < 1.29 is 9.90 Å². The largest absolute Gasteiger partial charge is 0.537 e. The molecule has 0 aliphatic rings. The average molecular weight is 163 g/mol. The summed E-state index contributed by atoms with van der Waals surface area (Å²) in [6.45, 7) is 2.11. The number of carbonyl (C=O) groups excluding carboxylic acids is 1. The Morgan fingerprint density at radius 1 is 1.33 bits per heavy atom. The van der Waals surface area contributed by atoms with Gasteiger partial charge < -0.3 is 9.90 Å². The molecule has 0 aliphatic carbocycles. The van der Waals surface area contributed by atoms with Crippen LogP contribution in [0.15, 0.2) is 0 Å². The van der Waals surface area contributed by atoms with Crippen LogP contribution >= 0.6 is 0 Å². The minimum Gasteiger partial charge on any atom is -0.537 e. The number of carboxylic acids is 1. The molecule has 0 saturated carbocycles. The van der Waals surface area contributed by atoms with Gasteiger partial charge in [-0.2, -0.15) is 0 Å². The van der Waals surface area contributed by atoms with Crippen LogP contribution in [-0.2, 0) is 4.79 Å². The summed E-state index contributed by atoms with van der Waals surface area (Å²) < 4.78 is 0. The normalized spacial score (nSPS) is 7.42. The maximum atomic E-state index is 9.78. The van der Waals surface area contributed by atoms with Gasteiger partial charge in [0.25, 0.3) is 0 Å². The Kier molecular flexibility index (Phi) is 6.79. The van der Waals surface area contributed by atoms with Gasteiger partial charge in [0, 0.05) is 6.42 Å². The molecule has 0 aromatic carbocycles. The number of carbonyl (C=O) groups is 1. The summed E-state index contributed by atoms with van der Waals surface area (Å²) in [5, 5.41) is 9.78. The van der Waals surface area contributed by atoms with Gasteiger partial charge in [-0.05, 0) is 24.2 Å². The fourth-order valence-corrected chi connectivity index (χ4v) is 0.652. The van der Waals surface area contributed by atoms with Gasteiger partial charge in [-0.15, -0.1) is 0 Å². The lowest BCUT2D eigenvalue weighted by molar-refractivity contribution is -0.295. The first-order valence-corrected chi connectivity index (χ1v) is 3.97. The Morgan fingerprint density at radius 3 is 2.67 bits per heavy atom. The van der Waals surface area contributed by atoms with E-state index in [9.17, 15) is 9.90 Å². The van der Waals surface area contributed by atoms with Gasteiger partial charge in [0.1, 0.15) is 5.97 Å². The van der Waals surface area contributed by atoms with Crippen LogP contribution in [0.4, 0.5) is 0 Å². The van der Waals surface area contributed by atoms with E-state index in [-0.39, 0.29) is 0 Å². The summed E-state index contributed by atoms with van der Waals surface area (Å²) in [4.78, 5) is 9.78. The minimum atomic E-state index is -1.38. The molecule has 0 aromatic rings. The zero-order valence-electron chi connectivity index (χ0n) is 7.14. The van der Waals surface area contributed by atoms with Crippen molar-refractivity contribution in [2.45, 2.75) is 32.6 Å². The summed E-state index contributed by atoms with van der Waals surface area (Å²) in [6, 6.07) is 0. The van der Waals surface area contributed by atoms with Crippen molar-refractivity contribution in [1.82, 2.24) is 0 Å². The summed E-state index contributed by atoms with van der Waals surface area (Å²) in [5.74, 6) is 7.83. The van der Waals surface area contributed by atoms with Crippen molar-refractivity contribution >= 4 is 5.97 Å². The predicted octanol–water partition coefficient (Wildman–Crippen LogP) is 0.323. The zero-order valence-corrected chi connectivity index (χ0v) is 7.14. The number of aliphatic carboxylic acids is 1. The van der Waals surface area contributed by atoms with Crippen molar-refractivity contribution in [3.8, 4) is 23.7 Å². The van der Waals surface area contributed by atoms with E-state index in [4.69, 9.17) is 0 Å². The highest BCUT2D eigenvalue weighted by Gasteiger charge is 1.79. The Balaban J connectivity index is 3.49. The molecule has 2 nitrogen and oxygen atoms in total. The Labute approximate surface area is 73.0 Å². The third-order valence-electron chi connectivity index (χ3n) is 1.22. The first kappa shape index (κ1) is 10.6. The van der Waals surface area contributed by atoms with E-state index in [1.165, 1.54) is 0 Å². The van der Waals surface area contributed by atoms with Crippen LogP contribution < -0.4 is 5.11 Å². The Hall–Kier alpha value is -1.41. The van der Waals surface area contributed by atoms with Crippen LogP contribution in [0, 0.1) is 23.7 Å². The molecule has 0 fully saturated rings. The zero-order chi connectivity index (χ0) is 9.23.